The molecule has 1 unspecified atom stereocenters. The molecule has 36 heavy (non-hydrogen) atoms. The number of nitriles is 1. The van der Waals surface area contributed by atoms with Gasteiger partial charge >= 0.3 is 6.18 Å². The molecule has 2 saturated heterocycles. The maximum Gasteiger partial charge on any atom is 0.417 e. The van der Waals surface area contributed by atoms with Crippen LogP contribution in [0.3, 0.4) is 0 Å². The van der Waals surface area contributed by atoms with Crippen LogP contribution in [0.1, 0.15) is 47.3 Å². The number of rotatable bonds is 4. The van der Waals surface area contributed by atoms with Gasteiger partial charge in [-0.2, -0.15) is 18.4 Å². The van der Waals surface area contributed by atoms with Crippen LogP contribution in [0.25, 0.3) is 0 Å². The predicted octanol–water partition coefficient (Wildman–Crippen LogP) is 3.00. The largest absolute Gasteiger partial charge is 0.417 e. The molecule has 3 heterocycles. The van der Waals surface area contributed by atoms with Crippen LogP contribution in [0.5, 0.6) is 0 Å². The molecule has 3 aliphatic rings. The molecule has 2 aliphatic heterocycles. The normalized spacial score (nSPS) is 21.3. The number of likely N-dealkylation sites (tertiary alicyclic amines) is 1. The van der Waals surface area contributed by atoms with Crippen LogP contribution >= 0.6 is 0 Å². The lowest BCUT2D eigenvalue weighted by Gasteiger charge is -2.42. The van der Waals surface area contributed by atoms with Crippen molar-refractivity contribution in [3.05, 3.63) is 53.6 Å². The first-order valence-electron chi connectivity index (χ1n) is 11.9. The Hall–Kier alpha value is -3.68. The molecule has 188 valence electrons. The average molecular weight is 499 g/mol. The molecule has 1 spiro atoms. The summed E-state index contributed by atoms with van der Waals surface area (Å²) in [7, 11) is 0. The predicted molar refractivity (Wildman–Crippen MR) is 123 cm³/mol. The summed E-state index contributed by atoms with van der Waals surface area (Å²) in [5, 5.41) is 12.2. The number of benzene rings is 1. The highest BCUT2D eigenvalue weighted by molar-refractivity contribution is 5.92. The van der Waals surface area contributed by atoms with Gasteiger partial charge in [0.2, 0.25) is 5.91 Å². The van der Waals surface area contributed by atoms with Crippen LogP contribution in [0.15, 0.2) is 36.8 Å². The summed E-state index contributed by atoms with van der Waals surface area (Å²) in [6.07, 6.45) is 2.65. The van der Waals surface area contributed by atoms with Gasteiger partial charge in [-0.05, 0) is 43.9 Å². The lowest BCUT2D eigenvalue weighted by molar-refractivity contribution is -0.137. The van der Waals surface area contributed by atoms with E-state index in [1.54, 1.807) is 11.0 Å². The molecular formula is C25H25F3N6O2. The number of nitrogens with one attached hydrogen (secondary N) is 1. The molecule has 1 aromatic carbocycles. The minimum atomic E-state index is -4.66. The third-order valence-electron chi connectivity index (χ3n) is 7.51. The van der Waals surface area contributed by atoms with Gasteiger partial charge in [0.1, 0.15) is 5.69 Å². The summed E-state index contributed by atoms with van der Waals surface area (Å²) in [5.41, 5.74) is -1.31. The van der Waals surface area contributed by atoms with E-state index in [1.807, 2.05) is 4.90 Å². The molecule has 0 radical (unpaired) electrons. The van der Waals surface area contributed by atoms with E-state index in [-0.39, 0.29) is 30.1 Å². The number of halogens is 3. The Morgan fingerprint density at radius 2 is 1.92 bits per heavy atom. The lowest BCUT2D eigenvalue weighted by Crippen LogP contribution is -2.50. The van der Waals surface area contributed by atoms with Crippen LogP contribution in [0.4, 0.5) is 18.9 Å². The Kier molecular flexibility index (Phi) is 6.06. The van der Waals surface area contributed by atoms with E-state index in [9.17, 15) is 22.8 Å². The van der Waals surface area contributed by atoms with Gasteiger partial charge in [-0.1, -0.05) is 0 Å². The summed E-state index contributed by atoms with van der Waals surface area (Å²) in [5.74, 6) is -0.732. The van der Waals surface area contributed by atoms with E-state index in [0.717, 1.165) is 18.9 Å². The number of aromatic nitrogens is 2. The van der Waals surface area contributed by atoms with Crippen molar-refractivity contribution in [1.82, 2.24) is 20.2 Å². The minimum Gasteiger partial charge on any atom is -0.370 e. The lowest BCUT2D eigenvalue weighted by atomic mass is 9.70. The fourth-order valence-electron chi connectivity index (χ4n) is 5.35. The maximum absolute atomic E-state index is 13.6. The molecule has 5 rings (SSSR count). The van der Waals surface area contributed by atoms with Crippen molar-refractivity contribution in [2.45, 2.75) is 37.9 Å². The summed E-state index contributed by atoms with van der Waals surface area (Å²) < 4.78 is 40.8. The summed E-state index contributed by atoms with van der Waals surface area (Å²) >= 11 is 0. The molecule has 1 aromatic heterocycles. The molecule has 1 aliphatic carbocycles. The van der Waals surface area contributed by atoms with Crippen molar-refractivity contribution < 1.29 is 22.8 Å². The van der Waals surface area contributed by atoms with Gasteiger partial charge in [-0.15, -0.1) is 0 Å². The number of carbonyl (C=O) groups excluding carboxylic acids is 2. The van der Waals surface area contributed by atoms with Crippen LogP contribution in [-0.2, 0) is 11.0 Å². The Morgan fingerprint density at radius 1 is 1.17 bits per heavy atom. The number of alkyl halides is 3. The number of carbonyl (C=O) groups is 2. The van der Waals surface area contributed by atoms with Gasteiger partial charge < -0.3 is 15.1 Å². The number of amides is 2. The monoisotopic (exact) mass is 498 g/mol. The number of hydrogen-bond acceptors (Lipinski definition) is 6. The van der Waals surface area contributed by atoms with Gasteiger partial charge in [0, 0.05) is 55.7 Å². The zero-order valence-electron chi connectivity index (χ0n) is 19.5. The highest BCUT2D eigenvalue weighted by Crippen LogP contribution is 2.47. The van der Waals surface area contributed by atoms with Gasteiger partial charge in [0.05, 0.1) is 29.3 Å². The first-order chi connectivity index (χ1) is 17.2. The van der Waals surface area contributed by atoms with E-state index >= 15 is 0 Å². The molecule has 3 fully saturated rings. The van der Waals surface area contributed by atoms with Crippen molar-refractivity contribution >= 4 is 17.5 Å². The van der Waals surface area contributed by atoms with Gasteiger partial charge in [-0.3, -0.25) is 14.6 Å². The smallest absolute Gasteiger partial charge is 0.370 e. The second-order valence-electron chi connectivity index (χ2n) is 9.80. The van der Waals surface area contributed by atoms with E-state index in [2.05, 4.69) is 15.3 Å². The van der Waals surface area contributed by atoms with E-state index in [4.69, 9.17) is 5.26 Å². The van der Waals surface area contributed by atoms with Crippen molar-refractivity contribution in [3.8, 4) is 6.07 Å². The molecule has 2 amide bonds. The van der Waals surface area contributed by atoms with Crippen LogP contribution in [-0.4, -0.2) is 58.9 Å². The Morgan fingerprint density at radius 3 is 2.53 bits per heavy atom. The number of anilines is 1. The third-order valence-corrected chi connectivity index (χ3v) is 7.51. The van der Waals surface area contributed by atoms with Crippen molar-refractivity contribution in [3.63, 3.8) is 0 Å². The van der Waals surface area contributed by atoms with Gasteiger partial charge in [-0.25, -0.2) is 4.98 Å². The molecule has 8 nitrogen and oxygen atoms in total. The van der Waals surface area contributed by atoms with Crippen molar-refractivity contribution in [2.24, 2.45) is 11.3 Å². The highest BCUT2D eigenvalue weighted by atomic mass is 19.4. The van der Waals surface area contributed by atoms with Crippen LogP contribution in [0, 0.1) is 22.7 Å². The third kappa shape index (κ3) is 4.59. The zero-order valence-corrected chi connectivity index (χ0v) is 19.5. The zero-order chi connectivity index (χ0) is 25.5. The fourth-order valence-corrected chi connectivity index (χ4v) is 5.35. The molecule has 1 N–H and O–H groups in total. The number of piperidine rings is 1. The molecule has 2 aromatic rings. The van der Waals surface area contributed by atoms with Crippen LogP contribution in [0.2, 0.25) is 0 Å². The fraction of sp³-hybridized carbons (Fsp3) is 0.480. The molecule has 1 saturated carbocycles. The maximum atomic E-state index is 13.6. The second kappa shape index (κ2) is 9.08. The Bertz CT molecular complexity index is 1200. The first kappa shape index (κ1) is 24.0. The second-order valence-corrected chi connectivity index (χ2v) is 9.80. The molecule has 1 atom stereocenters. The van der Waals surface area contributed by atoms with E-state index in [0.29, 0.717) is 38.2 Å². The minimum absolute atomic E-state index is 0.0848. The molecular weight excluding hydrogens is 473 g/mol. The summed E-state index contributed by atoms with van der Waals surface area (Å²) in [4.78, 5) is 37.6. The summed E-state index contributed by atoms with van der Waals surface area (Å²) in [6.45, 7) is 1.50. The SMILES string of the molecule is N#Cc1ccc(N2CC(C(=O)NC3CC3)C3(CCN(C(=O)c4cnccn4)CC3)C2)cc1C(F)(F)F. The first-order valence-corrected chi connectivity index (χ1v) is 11.9. The average Bonchev–Trinajstić information content (AvgIpc) is 3.62. The number of nitrogens with zero attached hydrogens (tertiary/aromatic N) is 5. The van der Waals surface area contributed by atoms with Crippen molar-refractivity contribution in [2.75, 3.05) is 31.1 Å². The molecule has 11 heteroatoms. The van der Waals surface area contributed by atoms with E-state index < -0.39 is 28.6 Å². The highest BCUT2D eigenvalue weighted by Gasteiger charge is 2.52. The van der Waals surface area contributed by atoms with Gasteiger partial charge in [0.25, 0.3) is 5.91 Å². The molecule has 0 bridgehead atoms. The van der Waals surface area contributed by atoms with E-state index in [1.165, 1.54) is 30.7 Å². The Balaban J connectivity index is 1.39. The number of hydrogen-bond donors (Lipinski definition) is 1. The van der Waals surface area contributed by atoms with Crippen LogP contribution < -0.4 is 10.2 Å². The van der Waals surface area contributed by atoms with Crippen molar-refractivity contribution in [1.29, 1.82) is 5.26 Å². The topological polar surface area (TPSA) is 102 Å². The summed E-state index contributed by atoms with van der Waals surface area (Å²) in [6, 6.07) is 5.47. The Labute approximate surface area is 206 Å². The standard InChI is InChI=1S/C25H25F3N6O2/c26-25(27,28)19-11-18(4-1-16(19)12-29)34-14-20(22(35)32-17-2-3-17)24(15-34)5-9-33(10-6-24)23(36)21-13-30-7-8-31-21/h1,4,7-8,11,13,17,20H,2-3,5-6,9-10,14-15H2,(H,32,35). The van der Waals surface area contributed by atoms with Gasteiger partial charge in [0.15, 0.2) is 0 Å². The quantitative estimate of drug-likeness (QED) is 0.696.